The molecule has 2 N–H and O–H groups in total. The first-order valence-electron chi connectivity index (χ1n) is 5.92. The summed E-state index contributed by atoms with van der Waals surface area (Å²) in [4.78, 5) is 13.6. The Labute approximate surface area is 111 Å². The lowest BCUT2D eigenvalue weighted by Crippen LogP contribution is -2.26. The predicted molar refractivity (Wildman–Crippen MR) is 73.1 cm³/mol. The van der Waals surface area contributed by atoms with E-state index in [1.165, 1.54) is 11.0 Å². The molecule has 0 aromatic heterocycles. The Bertz CT molecular complexity index is 598. The van der Waals surface area contributed by atoms with E-state index in [1.807, 2.05) is 0 Å². The summed E-state index contributed by atoms with van der Waals surface area (Å²) in [5.41, 5.74) is 7.16. The van der Waals surface area contributed by atoms with Crippen molar-refractivity contribution in [2.75, 3.05) is 12.8 Å². The van der Waals surface area contributed by atoms with Crippen LogP contribution >= 0.6 is 0 Å². The SMILES string of the molecule is CN(Cc1ccccc1F)C(=O)c1cccc(N)c1. The predicted octanol–water partition coefficient (Wildman–Crippen LogP) is 2.68. The zero-order chi connectivity index (χ0) is 13.8. The molecule has 0 fully saturated rings. The minimum atomic E-state index is -0.310. The molecule has 2 aromatic carbocycles. The summed E-state index contributed by atoms with van der Waals surface area (Å²) in [7, 11) is 1.64. The maximum absolute atomic E-state index is 13.5. The number of anilines is 1. The van der Waals surface area contributed by atoms with E-state index in [1.54, 1.807) is 49.5 Å². The number of hydrogen-bond donors (Lipinski definition) is 1. The third kappa shape index (κ3) is 3.10. The Morgan fingerprint density at radius 3 is 2.63 bits per heavy atom. The number of carbonyl (C=O) groups excluding carboxylic acids is 1. The first kappa shape index (κ1) is 13.1. The van der Waals surface area contributed by atoms with Gasteiger partial charge in [0, 0.05) is 30.4 Å². The molecule has 0 heterocycles. The molecule has 0 radical (unpaired) electrons. The lowest BCUT2D eigenvalue weighted by Gasteiger charge is -2.17. The summed E-state index contributed by atoms with van der Waals surface area (Å²) in [5.74, 6) is -0.495. The Hall–Kier alpha value is -2.36. The van der Waals surface area contributed by atoms with Crippen molar-refractivity contribution in [3.8, 4) is 0 Å². The number of hydrogen-bond acceptors (Lipinski definition) is 2. The second-order valence-electron chi connectivity index (χ2n) is 4.38. The van der Waals surface area contributed by atoms with Crippen LogP contribution < -0.4 is 5.73 Å². The van der Waals surface area contributed by atoms with E-state index >= 15 is 0 Å². The van der Waals surface area contributed by atoms with Gasteiger partial charge in [-0.15, -0.1) is 0 Å². The Balaban J connectivity index is 2.14. The summed E-state index contributed by atoms with van der Waals surface area (Å²) in [5, 5.41) is 0. The van der Waals surface area contributed by atoms with Crippen LogP contribution in [0.1, 0.15) is 15.9 Å². The van der Waals surface area contributed by atoms with Gasteiger partial charge in [-0.25, -0.2) is 4.39 Å². The standard InChI is InChI=1S/C15H15FN2O/c1-18(10-12-5-2-3-8-14(12)16)15(19)11-6-4-7-13(17)9-11/h2-9H,10,17H2,1H3. The number of nitrogens with zero attached hydrogens (tertiary/aromatic N) is 1. The molecule has 0 saturated carbocycles. The van der Waals surface area contributed by atoms with E-state index < -0.39 is 0 Å². The molecule has 0 bridgehead atoms. The summed E-state index contributed by atoms with van der Waals surface area (Å²) >= 11 is 0. The molecule has 4 heteroatoms. The number of benzene rings is 2. The number of amides is 1. The number of carbonyl (C=O) groups is 1. The number of nitrogens with two attached hydrogens (primary N) is 1. The van der Waals surface area contributed by atoms with Crippen LogP contribution in [-0.4, -0.2) is 17.9 Å². The highest BCUT2D eigenvalue weighted by molar-refractivity contribution is 5.94. The fraction of sp³-hybridized carbons (Fsp3) is 0.133. The third-order valence-electron chi connectivity index (χ3n) is 2.85. The highest BCUT2D eigenvalue weighted by atomic mass is 19.1. The molecule has 0 aliphatic rings. The highest BCUT2D eigenvalue weighted by Crippen LogP contribution is 2.13. The van der Waals surface area contributed by atoms with Crippen LogP contribution in [0.5, 0.6) is 0 Å². The van der Waals surface area contributed by atoms with Crippen LogP contribution in [0.2, 0.25) is 0 Å². The fourth-order valence-electron chi connectivity index (χ4n) is 1.85. The van der Waals surface area contributed by atoms with Crippen molar-refractivity contribution in [3.05, 3.63) is 65.5 Å². The molecular weight excluding hydrogens is 243 g/mol. The van der Waals surface area contributed by atoms with Gasteiger partial charge in [0.05, 0.1) is 0 Å². The highest BCUT2D eigenvalue weighted by Gasteiger charge is 2.13. The van der Waals surface area contributed by atoms with Crippen molar-refractivity contribution in [2.45, 2.75) is 6.54 Å². The molecule has 2 rings (SSSR count). The summed E-state index contributed by atoms with van der Waals surface area (Å²) in [6, 6.07) is 13.2. The third-order valence-corrected chi connectivity index (χ3v) is 2.85. The molecule has 0 aliphatic carbocycles. The zero-order valence-corrected chi connectivity index (χ0v) is 10.6. The molecule has 0 saturated heterocycles. The smallest absolute Gasteiger partial charge is 0.253 e. The van der Waals surface area contributed by atoms with Crippen LogP contribution in [0, 0.1) is 5.82 Å². The van der Waals surface area contributed by atoms with Gasteiger partial charge in [0.1, 0.15) is 5.82 Å². The Morgan fingerprint density at radius 2 is 1.95 bits per heavy atom. The average Bonchev–Trinajstić information content (AvgIpc) is 2.40. The molecule has 0 unspecified atom stereocenters. The molecule has 0 aliphatic heterocycles. The molecule has 0 atom stereocenters. The average molecular weight is 258 g/mol. The van der Waals surface area contributed by atoms with Crippen molar-refractivity contribution in [2.24, 2.45) is 0 Å². The molecule has 0 spiro atoms. The van der Waals surface area contributed by atoms with Gasteiger partial charge in [0.25, 0.3) is 5.91 Å². The number of halogens is 1. The Morgan fingerprint density at radius 1 is 1.21 bits per heavy atom. The van der Waals surface area contributed by atoms with Crippen LogP contribution in [0.3, 0.4) is 0 Å². The van der Waals surface area contributed by atoms with Crippen molar-refractivity contribution in [1.29, 1.82) is 0 Å². The first-order valence-corrected chi connectivity index (χ1v) is 5.92. The number of rotatable bonds is 3. The monoisotopic (exact) mass is 258 g/mol. The molecule has 1 amide bonds. The summed E-state index contributed by atoms with van der Waals surface area (Å²) in [6.45, 7) is 0.223. The normalized spacial score (nSPS) is 10.2. The van der Waals surface area contributed by atoms with E-state index in [-0.39, 0.29) is 18.3 Å². The van der Waals surface area contributed by atoms with Gasteiger partial charge < -0.3 is 10.6 Å². The van der Waals surface area contributed by atoms with Crippen LogP contribution in [0.4, 0.5) is 10.1 Å². The van der Waals surface area contributed by atoms with Crippen molar-refractivity contribution >= 4 is 11.6 Å². The lowest BCUT2D eigenvalue weighted by molar-refractivity contribution is 0.0784. The van der Waals surface area contributed by atoms with Crippen molar-refractivity contribution in [1.82, 2.24) is 4.90 Å². The van der Waals surface area contributed by atoms with E-state index in [0.717, 1.165) is 0 Å². The van der Waals surface area contributed by atoms with Crippen molar-refractivity contribution < 1.29 is 9.18 Å². The minimum Gasteiger partial charge on any atom is -0.399 e. The van der Waals surface area contributed by atoms with Gasteiger partial charge in [-0.2, -0.15) is 0 Å². The maximum atomic E-state index is 13.5. The summed E-state index contributed by atoms with van der Waals surface area (Å²) < 4.78 is 13.5. The topological polar surface area (TPSA) is 46.3 Å². The second kappa shape index (κ2) is 5.52. The van der Waals surface area contributed by atoms with Gasteiger partial charge in [0.2, 0.25) is 0 Å². The van der Waals surface area contributed by atoms with Crippen molar-refractivity contribution in [3.63, 3.8) is 0 Å². The lowest BCUT2D eigenvalue weighted by atomic mass is 10.1. The zero-order valence-electron chi connectivity index (χ0n) is 10.6. The Kier molecular flexibility index (Phi) is 3.80. The molecule has 19 heavy (non-hydrogen) atoms. The van der Waals surface area contributed by atoms with Gasteiger partial charge in [-0.3, -0.25) is 4.79 Å². The molecule has 2 aromatic rings. The van der Waals surface area contributed by atoms with Gasteiger partial charge in [0.15, 0.2) is 0 Å². The summed E-state index contributed by atoms with van der Waals surface area (Å²) in [6.07, 6.45) is 0. The minimum absolute atomic E-state index is 0.185. The van der Waals surface area contributed by atoms with E-state index in [2.05, 4.69) is 0 Å². The van der Waals surface area contributed by atoms with Crippen LogP contribution in [-0.2, 0) is 6.54 Å². The molecular formula is C15H15FN2O. The first-order chi connectivity index (χ1) is 9.08. The van der Waals surface area contributed by atoms with Gasteiger partial charge in [-0.05, 0) is 24.3 Å². The van der Waals surface area contributed by atoms with E-state index in [4.69, 9.17) is 5.73 Å². The fourth-order valence-corrected chi connectivity index (χ4v) is 1.85. The molecule has 98 valence electrons. The van der Waals surface area contributed by atoms with Crippen LogP contribution in [0.25, 0.3) is 0 Å². The maximum Gasteiger partial charge on any atom is 0.253 e. The van der Waals surface area contributed by atoms with E-state index in [0.29, 0.717) is 16.8 Å². The molecule has 3 nitrogen and oxygen atoms in total. The number of nitrogen functional groups attached to an aromatic ring is 1. The quantitative estimate of drug-likeness (QED) is 0.860. The second-order valence-corrected chi connectivity index (χ2v) is 4.38. The largest absolute Gasteiger partial charge is 0.399 e. The van der Waals surface area contributed by atoms with E-state index in [9.17, 15) is 9.18 Å². The van der Waals surface area contributed by atoms with Gasteiger partial charge in [-0.1, -0.05) is 24.3 Å². The van der Waals surface area contributed by atoms with Gasteiger partial charge >= 0.3 is 0 Å². The van der Waals surface area contributed by atoms with Crippen LogP contribution in [0.15, 0.2) is 48.5 Å².